The van der Waals surface area contributed by atoms with Crippen LogP contribution in [0.1, 0.15) is 27.7 Å². The first-order valence-corrected chi connectivity index (χ1v) is 8.75. The number of pyridine rings is 1. The Labute approximate surface area is 125 Å². The van der Waals surface area contributed by atoms with Crippen molar-refractivity contribution >= 4 is 20.8 Å². The van der Waals surface area contributed by atoms with Crippen LogP contribution in [0.25, 0.3) is 0 Å². The van der Waals surface area contributed by atoms with E-state index in [2.05, 4.69) is 9.71 Å². The minimum Gasteiger partial charge on any atom is -0.245 e. The van der Waals surface area contributed by atoms with Crippen molar-refractivity contribution in [3.63, 3.8) is 0 Å². The molecule has 0 fully saturated rings. The summed E-state index contributed by atoms with van der Waals surface area (Å²) in [5.74, 6) is 0. The van der Waals surface area contributed by atoms with Gasteiger partial charge in [0.25, 0.3) is 9.84 Å². The largest absolute Gasteiger partial charge is 0.367 e. The second-order valence-corrected chi connectivity index (χ2v) is 9.42. The van der Waals surface area contributed by atoms with Gasteiger partial charge in [-0.3, -0.25) is 0 Å². The molecule has 1 aromatic heterocycles. The molecule has 0 aliphatic carbocycles. The topological polar surface area (TPSA) is 76.1 Å². The summed E-state index contributed by atoms with van der Waals surface area (Å²) in [5.41, 5.74) is 0. The zero-order chi connectivity index (χ0) is 16.5. The van der Waals surface area contributed by atoms with Gasteiger partial charge in [-0.2, -0.15) is 8.78 Å². The van der Waals surface area contributed by atoms with E-state index in [0.717, 1.165) is 19.2 Å². The Morgan fingerprint density at radius 2 is 1.86 bits per heavy atom. The number of alkyl halides is 2. The van der Waals surface area contributed by atoms with E-state index in [0.29, 0.717) is 0 Å². The first-order valence-electron chi connectivity index (χ1n) is 6.12. The third kappa shape index (κ3) is 3.83. The summed E-state index contributed by atoms with van der Waals surface area (Å²) in [4.78, 5) is 3.46. The number of hydrogen-bond acceptors (Lipinski definition) is 4. The lowest BCUT2D eigenvalue weighted by atomic mass is 10.3. The van der Waals surface area contributed by atoms with Crippen molar-refractivity contribution in [2.24, 2.45) is 0 Å². The summed E-state index contributed by atoms with van der Waals surface area (Å²) in [6.45, 7) is 5.75. The van der Waals surface area contributed by atoms with Crippen molar-refractivity contribution in [1.29, 1.82) is 0 Å². The predicted octanol–water partition coefficient (Wildman–Crippen LogP) is 1.89. The van der Waals surface area contributed by atoms with E-state index < -0.39 is 41.9 Å². The Bertz CT molecular complexity index is 613. The Kier molecular flexibility index (Phi) is 5.22. The van der Waals surface area contributed by atoms with E-state index in [1.54, 1.807) is 20.8 Å². The van der Waals surface area contributed by atoms with Gasteiger partial charge >= 0.3 is 5.25 Å². The molecule has 0 amide bonds. The highest BCUT2D eigenvalue weighted by Crippen LogP contribution is 2.31. The quantitative estimate of drug-likeness (QED) is 0.888. The smallest absolute Gasteiger partial charge is 0.245 e. The molecule has 1 N–H and O–H groups in total. The van der Waals surface area contributed by atoms with E-state index in [4.69, 9.17) is 0 Å². The molecule has 0 aliphatic heterocycles. The summed E-state index contributed by atoms with van der Waals surface area (Å²) >= 11 is 0. The highest BCUT2D eigenvalue weighted by atomic mass is 32.2. The average molecular weight is 340 g/mol. The van der Waals surface area contributed by atoms with E-state index in [-0.39, 0.29) is 0 Å². The Morgan fingerprint density at radius 1 is 1.29 bits per heavy atom. The molecule has 0 spiro atoms. The maximum atomic E-state index is 14.2. The van der Waals surface area contributed by atoms with Gasteiger partial charge in [-0.05, 0) is 39.8 Å². The van der Waals surface area contributed by atoms with Crippen molar-refractivity contribution in [2.75, 3.05) is 0 Å². The zero-order valence-corrected chi connectivity index (χ0v) is 13.8. The van der Waals surface area contributed by atoms with E-state index >= 15 is 0 Å². The summed E-state index contributed by atoms with van der Waals surface area (Å²) in [7, 11) is -6.79. The van der Waals surface area contributed by atoms with Crippen LogP contribution in [0.4, 0.5) is 8.78 Å². The molecule has 1 rings (SSSR count). The van der Waals surface area contributed by atoms with Crippen LogP contribution in [-0.4, -0.2) is 33.7 Å². The molecule has 0 saturated heterocycles. The Morgan fingerprint density at radius 3 is 2.29 bits per heavy atom. The Hall–Kier alpha value is -0.930. The third-order valence-corrected chi connectivity index (χ3v) is 6.16. The van der Waals surface area contributed by atoms with Gasteiger partial charge in [0, 0.05) is 6.20 Å². The van der Waals surface area contributed by atoms with E-state index in [1.165, 1.54) is 12.1 Å². The van der Waals surface area contributed by atoms with Crippen LogP contribution in [0, 0.1) is 0 Å². The molecule has 2 atom stereocenters. The van der Waals surface area contributed by atoms with Crippen LogP contribution in [0.5, 0.6) is 0 Å². The highest BCUT2D eigenvalue weighted by molar-refractivity contribution is 7.92. The molecule has 0 bridgehead atoms. The average Bonchev–Trinajstić information content (AvgIpc) is 2.38. The lowest BCUT2D eigenvalue weighted by Gasteiger charge is -2.27. The van der Waals surface area contributed by atoms with Gasteiger partial charge in [0.05, 0.1) is 21.8 Å². The zero-order valence-electron chi connectivity index (χ0n) is 12.1. The second-order valence-electron chi connectivity index (χ2n) is 5.45. The van der Waals surface area contributed by atoms with Gasteiger partial charge in [0.2, 0.25) is 0 Å². The van der Waals surface area contributed by atoms with E-state index in [9.17, 15) is 21.4 Å². The van der Waals surface area contributed by atoms with Crippen LogP contribution < -0.4 is 4.72 Å². The molecule has 0 saturated carbocycles. The van der Waals surface area contributed by atoms with Gasteiger partial charge in [-0.1, -0.05) is 6.07 Å². The number of sulfone groups is 1. The van der Waals surface area contributed by atoms with Gasteiger partial charge in [0.15, 0.2) is 5.03 Å². The highest BCUT2D eigenvalue weighted by Gasteiger charge is 2.52. The first-order chi connectivity index (χ1) is 9.40. The molecule has 5 nitrogen and oxygen atoms in total. The molecule has 0 aromatic carbocycles. The standard InChI is InChI=1S/C12H18F2N2O3S2/c1-9(16-20(17)11(2,3)4)12(13,14)21(18,19)10-7-5-6-8-15-10/h5-9,16H,1-4H3/t9-,20?/m0/s1. The van der Waals surface area contributed by atoms with E-state index in [1.807, 2.05) is 0 Å². The van der Waals surface area contributed by atoms with Crippen molar-refractivity contribution in [3.8, 4) is 0 Å². The summed E-state index contributed by atoms with van der Waals surface area (Å²) < 4.78 is 65.6. The molecular formula is C12H18F2N2O3S2. The Balaban J connectivity index is 3.08. The predicted molar refractivity (Wildman–Crippen MR) is 76.9 cm³/mol. The molecular weight excluding hydrogens is 322 g/mol. The summed E-state index contributed by atoms with van der Waals surface area (Å²) in [6.07, 6.45) is 1.12. The molecule has 0 aliphatic rings. The van der Waals surface area contributed by atoms with Crippen LogP contribution in [-0.2, 0) is 20.8 Å². The maximum absolute atomic E-state index is 14.2. The first kappa shape index (κ1) is 18.1. The van der Waals surface area contributed by atoms with Crippen LogP contribution in [0.15, 0.2) is 29.4 Å². The molecule has 0 radical (unpaired) electrons. The lowest BCUT2D eigenvalue weighted by Crippen LogP contribution is -2.51. The minimum absolute atomic E-state index is 0.717. The summed E-state index contributed by atoms with van der Waals surface area (Å²) in [6, 6.07) is 1.90. The second kappa shape index (κ2) is 6.05. The fourth-order valence-corrected chi connectivity index (χ4v) is 3.44. The van der Waals surface area contributed by atoms with Crippen LogP contribution >= 0.6 is 0 Å². The van der Waals surface area contributed by atoms with Crippen molar-refractivity contribution < 1.29 is 21.4 Å². The lowest BCUT2D eigenvalue weighted by molar-refractivity contribution is 0.0627. The van der Waals surface area contributed by atoms with Gasteiger partial charge in [-0.15, -0.1) is 0 Å². The summed E-state index contributed by atoms with van der Waals surface area (Å²) in [5, 5.41) is -4.85. The number of halogens is 2. The van der Waals surface area contributed by atoms with Crippen molar-refractivity contribution in [3.05, 3.63) is 24.4 Å². The molecule has 9 heteroatoms. The van der Waals surface area contributed by atoms with Crippen LogP contribution in [0.2, 0.25) is 0 Å². The van der Waals surface area contributed by atoms with Gasteiger partial charge in [-0.25, -0.2) is 22.3 Å². The third-order valence-electron chi connectivity index (χ3n) is 2.62. The SMILES string of the molecule is C[C@H](NS(=O)C(C)(C)C)C(F)(F)S(=O)(=O)c1ccccn1. The maximum Gasteiger partial charge on any atom is 0.367 e. The molecule has 1 heterocycles. The fraction of sp³-hybridized carbons (Fsp3) is 0.583. The number of nitrogens with one attached hydrogen (secondary N) is 1. The minimum atomic E-state index is -4.97. The number of nitrogens with zero attached hydrogens (tertiary/aromatic N) is 1. The number of rotatable bonds is 5. The van der Waals surface area contributed by atoms with Crippen LogP contribution in [0.3, 0.4) is 0 Å². The fourth-order valence-electron chi connectivity index (χ4n) is 1.28. The number of aromatic nitrogens is 1. The normalized spacial score (nSPS) is 16.5. The number of hydrogen-bond donors (Lipinski definition) is 1. The molecule has 1 aromatic rings. The molecule has 120 valence electrons. The van der Waals surface area contributed by atoms with Crippen molar-refractivity contribution in [2.45, 2.75) is 48.8 Å². The van der Waals surface area contributed by atoms with Gasteiger partial charge in [0.1, 0.15) is 0 Å². The molecule has 1 unspecified atom stereocenters. The monoisotopic (exact) mass is 340 g/mol. The van der Waals surface area contributed by atoms with Gasteiger partial charge < -0.3 is 0 Å². The van der Waals surface area contributed by atoms with Crippen molar-refractivity contribution in [1.82, 2.24) is 9.71 Å². The molecule has 21 heavy (non-hydrogen) atoms.